The number of nitrogens with zero attached hydrogens (tertiary/aromatic N) is 2. The highest BCUT2D eigenvalue weighted by molar-refractivity contribution is 5.95. The second kappa shape index (κ2) is 6.13. The lowest BCUT2D eigenvalue weighted by molar-refractivity contribution is 0.475. The lowest BCUT2D eigenvalue weighted by Gasteiger charge is -2.09. The maximum Gasteiger partial charge on any atom is 0.115 e. The molecule has 4 rings (SSSR count). The highest BCUT2D eigenvalue weighted by atomic mass is 16.3. The average Bonchev–Trinajstić information content (AvgIpc) is 2.64. The second-order valence-electron chi connectivity index (χ2n) is 5.75. The van der Waals surface area contributed by atoms with Crippen LogP contribution in [0.4, 0.5) is 0 Å². The Kier molecular flexibility index (Phi) is 3.67. The minimum atomic E-state index is 0.272. The fourth-order valence-electron chi connectivity index (χ4n) is 2.91. The number of aromatic nitrogens is 2. The third kappa shape index (κ3) is 2.72. The molecule has 0 radical (unpaired) electrons. The Morgan fingerprint density at radius 1 is 0.667 bits per heavy atom. The fraction of sp³-hybridized carbons (Fsp3) is 0.0476. The lowest BCUT2D eigenvalue weighted by Crippen LogP contribution is -1.99. The number of hydrogen-bond acceptors (Lipinski definition) is 3. The standard InChI is InChI=1S/C21H16N2O/c24-17-12-10-15(11-13-17)14-20-18-8-4-5-9-19(18)21(23-22-20)16-6-2-1-3-7-16/h1-13,24H,14H2. The third-order valence-electron chi connectivity index (χ3n) is 4.12. The molecule has 0 unspecified atom stereocenters. The summed E-state index contributed by atoms with van der Waals surface area (Å²) in [4.78, 5) is 0. The number of hydrogen-bond donors (Lipinski definition) is 1. The van der Waals surface area contributed by atoms with E-state index in [2.05, 4.69) is 34.5 Å². The number of aromatic hydroxyl groups is 1. The Bertz CT molecular complexity index is 980. The van der Waals surface area contributed by atoms with Crippen molar-refractivity contribution in [2.45, 2.75) is 6.42 Å². The second-order valence-corrected chi connectivity index (χ2v) is 5.75. The molecule has 0 aliphatic rings. The number of rotatable bonds is 3. The molecular formula is C21H16N2O. The van der Waals surface area contributed by atoms with Gasteiger partial charge in [0, 0.05) is 22.8 Å². The molecule has 0 aliphatic carbocycles. The van der Waals surface area contributed by atoms with Gasteiger partial charge in [-0.3, -0.25) is 0 Å². The van der Waals surface area contributed by atoms with Gasteiger partial charge in [-0.25, -0.2) is 0 Å². The molecular weight excluding hydrogens is 296 g/mol. The summed E-state index contributed by atoms with van der Waals surface area (Å²) in [6.07, 6.45) is 0.683. The summed E-state index contributed by atoms with van der Waals surface area (Å²) >= 11 is 0. The molecule has 0 fully saturated rings. The summed E-state index contributed by atoms with van der Waals surface area (Å²) in [5, 5.41) is 20.6. The molecule has 1 heterocycles. The Morgan fingerprint density at radius 3 is 2.08 bits per heavy atom. The minimum absolute atomic E-state index is 0.272. The summed E-state index contributed by atoms with van der Waals surface area (Å²) in [6, 6.07) is 25.6. The molecule has 0 atom stereocenters. The predicted molar refractivity (Wildman–Crippen MR) is 95.9 cm³/mol. The van der Waals surface area contributed by atoms with Crippen LogP contribution in [-0.4, -0.2) is 15.3 Å². The van der Waals surface area contributed by atoms with E-state index in [-0.39, 0.29) is 5.75 Å². The molecule has 0 spiro atoms. The molecule has 1 aromatic heterocycles. The fourth-order valence-corrected chi connectivity index (χ4v) is 2.91. The summed E-state index contributed by atoms with van der Waals surface area (Å²) in [5.74, 6) is 0.272. The van der Waals surface area contributed by atoms with E-state index < -0.39 is 0 Å². The molecule has 3 heteroatoms. The van der Waals surface area contributed by atoms with E-state index in [9.17, 15) is 5.11 Å². The van der Waals surface area contributed by atoms with Gasteiger partial charge in [0.25, 0.3) is 0 Å². The molecule has 0 bridgehead atoms. The molecule has 3 aromatic carbocycles. The highest BCUT2D eigenvalue weighted by Crippen LogP contribution is 2.28. The van der Waals surface area contributed by atoms with Crippen LogP contribution in [0.25, 0.3) is 22.0 Å². The van der Waals surface area contributed by atoms with Gasteiger partial charge in [-0.1, -0.05) is 66.7 Å². The van der Waals surface area contributed by atoms with Gasteiger partial charge in [0.05, 0.1) is 5.69 Å². The first-order valence-corrected chi connectivity index (χ1v) is 7.89. The lowest BCUT2D eigenvalue weighted by atomic mass is 10.0. The van der Waals surface area contributed by atoms with E-state index in [4.69, 9.17) is 0 Å². The summed E-state index contributed by atoms with van der Waals surface area (Å²) in [7, 11) is 0. The molecule has 24 heavy (non-hydrogen) atoms. The van der Waals surface area contributed by atoms with E-state index in [1.54, 1.807) is 12.1 Å². The first-order valence-electron chi connectivity index (χ1n) is 7.89. The van der Waals surface area contributed by atoms with Crippen LogP contribution in [0.3, 0.4) is 0 Å². The smallest absolute Gasteiger partial charge is 0.115 e. The summed E-state index contributed by atoms with van der Waals surface area (Å²) in [5.41, 5.74) is 4.01. The van der Waals surface area contributed by atoms with Crippen molar-refractivity contribution in [2.75, 3.05) is 0 Å². The van der Waals surface area contributed by atoms with Crippen LogP contribution in [0.2, 0.25) is 0 Å². The van der Waals surface area contributed by atoms with Gasteiger partial charge in [0.1, 0.15) is 11.4 Å². The molecule has 0 saturated heterocycles. The zero-order valence-electron chi connectivity index (χ0n) is 13.1. The largest absolute Gasteiger partial charge is 0.508 e. The van der Waals surface area contributed by atoms with Crippen LogP contribution < -0.4 is 0 Å². The van der Waals surface area contributed by atoms with Crippen molar-refractivity contribution in [3.05, 3.63) is 90.1 Å². The minimum Gasteiger partial charge on any atom is -0.508 e. The predicted octanol–water partition coefficient (Wildman–Crippen LogP) is 4.59. The Morgan fingerprint density at radius 2 is 1.33 bits per heavy atom. The first kappa shape index (κ1) is 14.4. The highest BCUT2D eigenvalue weighted by Gasteiger charge is 2.11. The van der Waals surface area contributed by atoms with Crippen LogP contribution in [-0.2, 0) is 6.42 Å². The van der Waals surface area contributed by atoms with E-state index >= 15 is 0 Å². The summed E-state index contributed by atoms with van der Waals surface area (Å²) in [6.45, 7) is 0. The maximum absolute atomic E-state index is 9.43. The Labute approximate surface area is 140 Å². The zero-order chi connectivity index (χ0) is 16.4. The molecule has 0 aliphatic heterocycles. The normalized spacial score (nSPS) is 10.8. The van der Waals surface area contributed by atoms with Crippen molar-refractivity contribution in [3.8, 4) is 17.0 Å². The topological polar surface area (TPSA) is 46.0 Å². The van der Waals surface area contributed by atoms with Gasteiger partial charge in [-0.15, -0.1) is 5.10 Å². The van der Waals surface area contributed by atoms with E-state index in [0.717, 1.165) is 33.3 Å². The van der Waals surface area contributed by atoms with Crippen molar-refractivity contribution in [3.63, 3.8) is 0 Å². The molecule has 0 saturated carbocycles. The van der Waals surface area contributed by atoms with Gasteiger partial charge in [0.15, 0.2) is 0 Å². The van der Waals surface area contributed by atoms with Gasteiger partial charge in [-0.2, -0.15) is 5.10 Å². The van der Waals surface area contributed by atoms with Crippen LogP contribution in [0, 0.1) is 0 Å². The monoisotopic (exact) mass is 312 g/mol. The number of benzene rings is 3. The van der Waals surface area contributed by atoms with E-state index in [0.29, 0.717) is 6.42 Å². The Hall–Kier alpha value is -3.20. The van der Waals surface area contributed by atoms with Crippen molar-refractivity contribution in [1.29, 1.82) is 0 Å². The van der Waals surface area contributed by atoms with Crippen LogP contribution >= 0.6 is 0 Å². The third-order valence-corrected chi connectivity index (χ3v) is 4.12. The Balaban J connectivity index is 1.82. The van der Waals surface area contributed by atoms with Crippen molar-refractivity contribution in [1.82, 2.24) is 10.2 Å². The van der Waals surface area contributed by atoms with Gasteiger partial charge in [-0.05, 0) is 17.7 Å². The van der Waals surface area contributed by atoms with Gasteiger partial charge >= 0.3 is 0 Å². The van der Waals surface area contributed by atoms with Crippen LogP contribution in [0.15, 0.2) is 78.9 Å². The maximum atomic E-state index is 9.43. The summed E-state index contributed by atoms with van der Waals surface area (Å²) < 4.78 is 0. The van der Waals surface area contributed by atoms with Crippen LogP contribution in [0.5, 0.6) is 5.75 Å². The van der Waals surface area contributed by atoms with E-state index in [1.165, 1.54) is 0 Å². The van der Waals surface area contributed by atoms with Crippen molar-refractivity contribution >= 4 is 10.8 Å². The zero-order valence-corrected chi connectivity index (χ0v) is 13.1. The van der Waals surface area contributed by atoms with E-state index in [1.807, 2.05) is 42.5 Å². The number of phenols is 1. The van der Waals surface area contributed by atoms with Crippen molar-refractivity contribution in [2.24, 2.45) is 0 Å². The van der Waals surface area contributed by atoms with Crippen LogP contribution in [0.1, 0.15) is 11.3 Å². The first-order chi connectivity index (χ1) is 11.8. The van der Waals surface area contributed by atoms with Crippen molar-refractivity contribution < 1.29 is 5.11 Å². The molecule has 3 nitrogen and oxygen atoms in total. The molecule has 116 valence electrons. The number of phenolic OH excluding ortho intramolecular Hbond substituents is 1. The van der Waals surface area contributed by atoms with Gasteiger partial charge in [0.2, 0.25) is 0 Å². The average molecular weight is 312 g/mol. The quantitative estimate of drug-likeness (QED) is 0.601. The molecule has 1 N–H and O–H groups in total. The molecule has 0 amide bonds. The molecule has 4 aromatic rings. The van der Waals surface area contributed by atoms with Gasteiger partial charge < -0.3 is 5.11 Å². The number of fused-ring (bicyclic) bond motifs is 1. The SMILES string of the molecule is Oc1ccc(Cc2nnc(-c3ccccc3)c3ccccc23)cc1.